The fraction of sp³-hybridized carbons (Fsp3) is 0.700. The summed E-state index contributed by atoms with van der Waals surface area (Å²) in [6.07, 6.45) is 6.90. The fourth-order valence-corrected chi connectivity index (χ4v) is 1.84. The van der Waals surface area contributed by atoms with E-state index in [0.29, 0.717) is 13.1 Å². The number of amides is 2. The van der Waals surface area contributed by atoms with Gasteiger partial charge >= 0.3 is 6.03 Å². The molecule has 2 amide bonds. The summed E-state index contributed by atoms with van der Waals surface area (Å²) in [5.74, 6) is 0. The van der Waals surface area contributed by atoms with Gasteiger partial charge in [0.2, 0.25) is 0 Å². The smallest absolute Gasteiger partial charge is 0.317 e. The van der Waals surface area contributed by atoms with Crippen molar-refractivity contribution >= 4 is 6.03 Å². The van der Waals surface area contributed by atoms with Crippen LogP contribution in [0.2, 0.25) is 0 Å². The van der Waals surface area contributed by atoms with Crippen LogP contribution in [0.3, 0.4) is 0 Å². The molecule has 0 atom stereocenters. The highest BCUT2D eigenvalue weighted by atomic mass is 16.2. The van der Waals surface area contributed by atoms with Crippen LogP contribution in [0.25, 0.3) is 0 Å². The molecule has 6 heteroatoms. The van der Waals surface area contributed by atoms with Gasteiger partial charge in [0.15, 0.2) is 0 Å². The molecule has 88 valence electrons. The third-order valence-corrected chi connectivity index (χ3v) is 2.73. The molecule has 0 unspecified atom stereocenters. The zero-order valence-electron chi connectivity index (χ0n) is 9.30. The number of nitrogens with zero attached hydrogens (tertiary/aromatic N) is 4. The lowest BCUT2D eigenvalue weighted by Gasteiger charge is -2.26. The minimum absolute atomic E-state index is 0.0415. The van der Waals surface area contributed by atoms with Crippen LogP contribution in [0, 0.1) is 0 Å². The first-order valence-corrected chi connectivity index (χ1v) is 5.73. The third kappa shape index (κ3) is 2.95. The number of rotatable bonds is 3. The summed E-state index contributed by atoms with van der Waals surface area (Å²) in [5.41, 5.74) is 0. The second kappa shape index (κ2) is 5.48. The molecule has 0 aliphatic carbocycles. The topological polar surface area (TPSA) is 63.1 Å². The molecular weight excluding hydrogens is 206 g/mol. The maximum atomic E-state index is 11.7. The van der Waals surface area contributed by atoms with Gasteiger partial charge in [-0.2, -0.15) is 0 Å². The number of likely N-dealkylation sites (tertiary alicyclic amines) is 1. The Labute approximate surface area is 94.6 Å². The average molecular weight is 223 g/mol. The summed E-state index contributed by atoms with van der Waals surface area (Å²) in [5, 5.41) is 10.4. The SMILES string of the molecule is O=C(NCCn1ccnn1)N1CCCCC1. The molecule has 0 saturated carbocycles. The molecule has 1 aliphatic rings. The molecular formula is C10H17N5O. The van der Waals surface area contributed by atoms with E-state index in [0.717, 1.165) is 25.9 Å². The summed E-state index contributed by atoms with van der Waals surface area (Å²) in [6.45, 7) is 3.03. The maximum absolute atomic E-state index is 11.7. The molecule has 1 fully saturated rings. The number of aromatic nitrogens is 3. The number of carbonyl (C=O) groups excluding carboxylic acids is 1. The summed E-state index contributed by atoms with van der Waals surface area (Å²) >= 11 is 0. The van der Waals surface area contributed by atoms with Crippen LogP contribution in [0.5, 0.6) is 0 Å². The van der Waals surface area contributed by atoms with Crippen molar-refractivity contribution in [2.45, 2.75) is 25.8 Å². The van der Waals surface area contributed by atoms with E-state index in [9.17, 15) is 4.79 Å². The Morgan fingerprint density at radius 2 is 2.12 bits per heavy atom. The van der Waals surface area contributed by atoms with Gasteiger partial charge in [-0.05, 0) is 19.3 Å². The summed E-state index contributed by atoms with van der Waals surface area (Å²) in [4.78, 5) is 13.6. The molecule has 6 nitrogen and oxygen atoms in total. The maximum Gasteiger partial charge on any atom is 0.317 e. The second-order valence-corrected chi connectivity index (χ2v) is 3.95. The molecule has 0 bridgehead atoms. The van der Waals surface area contributed by atoms with Gasteiger partial charge in [-0.25, -0.2) is 4.79 Å². The summed E-state index contributed by atoms with van der Waals surface area (Å²) < 4.78 is 1.70. The largest absolute Gasteiger partial charge is 0.336 e. The van der Waals surface area contributed by atoms with Crippen LogP contribution >= 0.6 is 0 Å². The molecule has 1 aliphatic heterocycles. The van der Waals surface area contributed by atoms with Crippen LogP contribution < -0.4 is 5.32 Å². The van der Waals surface area contributed by atoms with Gasteiger partial charge < -0.3 is 10.2 Å². The Kier molecular flexibility index (Phi) is 3.74. The zero-order valence-corrected chi connectivity index (χ0v) is 9.30. The average Bonchev–Trinajstić information content (AvgIpc) is 2.83. The van der Waals surface area contributed by atoms with Crippen molar-refractivity contribution in [3.63, 3.8) is 0 Å². The van der Waals surface area contributed by atoms with E-state index >= 15 is 0 Å². The van der Waals surface area contributed by atoms with Gasteiger partial charge in [0.25, 0.3) is 0 Å². The van der Waals surface area contributed by atoms with Crippen molar-refractivity contribution < 1.29 is 4.79 Å². The Morgan fingerprint density at radius 1 is 1.31 bits per heavy atom. The van der Waals surface area contributed by atoms with Gasteiger partial charge in [-0.1, -0.05) is 5.21 Å². The van der Waals surface area contributed by atoms with Crippen molar-refractivity contribution in [3.05, 3.63) is 12.4 Å². The van der Waals surface area contributed by atoms with E-state index in [-0.39, 0.29) is 6.03 Å². The fourth-order valence-electron chi connectivity index (χ4n) is 1.84. The predicted molar refractivity (Wildman–Crippen MR) is 58.8 cm³/mol. The number of piperidine rings is 1. The minimum Gasteiger partial charge on any atom is -0.336 e. The Bertz CT molecular complexity index is 318. The van der Waals surface area contributed by atoms with Gasteiger partial charge in [-0.15, -0.1) is 5.10 Å². The van der Waals surface area contributed by atoms with E-state index < -0.39 is 0 Å². The molecule has 16 heavy (non-hydrogen) atoms. The van der Waals surface area contributed by atoms with E-state index in [1.807, 2.05) is 4.90 Å². The molecule has 0 spiro atoms. The van der Waals surface area contributed by atoms with E-state index in [1.54, 1.807) is 17.1 Å². The van der Waals surface area contributed by atoms with Gasteiger partial charge in [0.1, 0.15) is 0 Å². The van der Waals surface area contributed by atoms with Crippen molar-refractivity contribution in [3.8, 4) is 0 Å². The normalized spacial score (nSPS) is 16.1. The molecule has 2 heterocycles. The van der Waals surface area contributed by atoms with Crippen molar-refractivity contribution in [2.24, 2.45) is 0 Å². The quantitative estimate of drug-likeness (QED) is 0.810. The Balaban J connectivity index is 1.67. The second-order valence-electron chi connectivity index (χ2n) is 3.95. The molecule has 2 rings (SSSR count). The molecule has 1 N–H and O–H groups in total. The third-order valence-electron chi connectivity index (χ3n) is 2.73. The highest BCUT2D eigenvalue weighted by Gasteiger charge is 2.15. The van der Waals surface area contributed by atoms with E-state index in [1.165, 1.54) is 6.42 Å². The number of hydrogen-bond acceptors (Lipinski definition) is 3. The van der Waals surface area contributed by atoms with Crippen LogP contribution in [0.15, 0.2) is 12.4 Å². The number of hydrogen-bond donors (Lipinski definition) is 1. The first-order valence-electron chi connectivity index (χ1n) is 5.73. The van der Waals surface area contributed by atoms with Crippen LogP contribution in [0.4, 0.5) is 4.79 Å². The van der Waals surface area contributed by atoms with Crippen molar-refractivity contribution in [1.82, 2.24) is 25.2 Å². The van der Waals surface area contributed by atoms with Gasteiger partial charge in [0.05, 0.1) is 12.7 Å². The van der Waals surface area contributed by atoms with Gasteiger partial charge in [0, 0.05) is 25.8 Å². The highest BCUT2D eigenvalue weighted by Crippen LogP contribution is 2.07. The predicted octanol–water partition coefficient (Wildman–Crippen LogP) is 0.474. The first kappa shape index (κ1) is 10.9. The standard InChI is InChI=1S/C10H17N5O/c16-10(14-6-2-1-3-7-14)11-4-8-15-9-5-12-13-15/h5,9H,1-4,6-8H2,(H,11,16). The molecule has 0 aromatic carbocycles. The summed E-state index contributed by atoms with van der Waals surface area (Å²) in [6, 6.07) is 0.0415. The van der Waals surface area contributed by atoms with Crippen LogP contribution in [-0.4, -0.2) is 45.6 Å². The summed E-state index contributed by atoms with van der Waals surface area (Å²) in [7, 11) is 0. The van der Waals surface area contributed by atoms with Crippen molar-refractivity contribution in [2.75, 3.05) is 19.6 Å². The highest BCUT2D eigenvalue weighted by molar-refractivity contribution is 5.74. The van der Waals surface area contributed by atoms with Gasteiger partial charge in [-0.3, -0.25) is 4.68 Å². The molecule has 1 aromatic heterocycles. The number of carbonyl (C=O) groups is 1. The Hall–Kier alpha value is -1.59. The Morgan fingerprint density at radius 3 is 2.81 bits per heavy atom. The lowest BCUT2D eigenvalue weighted by molar-refractivity contribution is 0.186. The lowest BCUT2D eigenvalue weighted by Crippen LogP contribution is -2.43. The first-order chi connectivity index (χ1) is 7.86. The molecule has 1 aromatic rings. The molecule has 0 radical (unpaired) electrons. The van der Waals surface area contributed by atoms with Crippen LogP contribution in [0.1, 0.15) is 19.3 Å². The minimum atomic E-state index is 0.0415. The van der Waals surface area contributed by atoms with E-state index in [2.05, 4.69) is 15.6 Å². The van der Waals surface area contributed by atoms with Crippen molar-refractivity contribution in [1.29, 1.82) is 0 Å². The van der Waals surface area contributed by atoms with Crippen LogP contribution in [-0.2, 0) is 6.54 Å². The number of urea groups is 1. The molecule has 1 saturated heterocycles. The zero-order chi connectivity index (χ0) is 11.2. The van der Waals surface area contributed by atoms with E-state index in [4.69, 9.17) is 0 Å². The monoisotopic (exact) mass is 223 g/mol. The number of nitrogens with one attached hydrogen (secondary N) is 1. The lowest BCUT2D eigenvalue weighted by atomic mass is 10.1.